The molecule has 0 radical (unpaired) electrons. The SMILES string of the molecule is CCCNC1CCCCC1c1ccc(F)c(C)c1. The first-order valence-corrected chi connectivity index (χ1v) is 7.21. The van der Waals surface area contributed by atoms with Gasteiger partial charge in [-0.25, -0.2) is 4.39 Å². The van der Waals surface area contributed by atoms with Crippen LogP contribution in [0.25, 0.3) is 0 Å². The van der Waals surface area contributed by atoms with E-state index in [-0.39, 0.29) is 5.82 Å². The number of rotatable bonds is 4. The van der Waals surface area contributed by atoms with Crippen LogP contribution in [0.5, 0.6) is 0 Å². The first kappa shape index (κ1) is 13.5. The highest BCUT2D eigenvalue weighted by Gasteiger charge is 2.26. The molecule has 100 valence electrons. The number of hydrogen-bond donors (Lipinski definition) is 1. The summed E-state index contributed by atoms with van der Waals surface area (Å²) < 4.78 is 13.4. The standard InChI is InChI=1S/C16H24FN/c1-3-10-18-16-7-5-4-6-14(16)13-8-9-15(17)12(2)11-13/h8-9,11,14,16,18H,3-7,10H2,1-2H3. The van der Waals surface area contributed by atoms with E-state index in [1.54, 1.807) is 6.07 Å². The van der Waals surface area contributed by atoms with Crippen LogP contribution in [0.2, 0.25) is 0 Å². The van der Waals surface area contributed by atoms with Gasteiger partial charge in [0.25, 0.3) is 0 Å². The lowest BCUT2D eigenvalue weighted by Crippen LogP contribution is -2.37. The quantitative estimate of drug-likeness (QED) is 0.845. The van der Waals surface area contributed by atoms with Crippen LogP contribution in [0.15, 0.2) is 18.2 Å². The van der Waals surface area contributed by atoms with Crippen LogP contribution >= 0.6 is 0 Å². The molecule has 0 spiro atoms. The second kappa shape index (κ2) is 6.33. The molecule has 0 aliphatic heterocycles. The van der Waals surface area contributed by atoms with Gasteiger partial charge in [0.2, 0.25) is 0 Å². The Hall–Kier alpha value is -0.890. The van der Waals surface area contributed by atoms with E-state index in [2.05, 4.69) is 12.2 Å². The molecular weight excluding hydrogens is 225 g/mol. The summed E-state index contributed by atoms with van der Waals surface area (Å²) >= 11 is 0. The molecule has 1 nitrogen and oxygen atoms in total. The van der Waals surface area contributed by atoms with Gasteiger partial charge in [0.15, 0.2) is 0 Å². The zero-order chi connectivity index (χ0) is 13.0. The highest BCUT2D eigenvalue weighted by atomic mass is 19.1. The normalized spacial score (nSPS) is 24.2. The van der Waals surface area contributed by atoms with Crippen molar-refractivity contribution in [1.82, 2.24) is 5.32 Å². The zero-order valence-electron chi connectivity index (χ0n) is 11.5. The molecule has 0 bridgehead atoms. The largest absolute Gasteiger partial charge is 0.313 e. The minimum Gasteiger partial charge on any atom is -0.313 e. The van der Waals surface area contributed by atoms with E-state index in [4.69, 9.17) is 0 Å². The molecule has 2 heteroatoms. The predicted octanol–water partition coefficient (Wildman–Crippen LogP) is 4.16. The smallest absolute Gasteiger partial charge is 0.126 e. The fourth-order valence-electron chi connectivity index (χ4n) is 3.00. The Labute approximate surface area is 110 Å². The fraction of sp³-hybridized carbons (Fsp3) is 0.625. The minimum absolute atomic E-state index is 0.0902. The number of benzene rings is 1. The van der Waals surface area contributed by atoms with Crippen LogP contribution in [0, 0.1) is 12.7 Å². The zero-order valence-corrected chi connectivity index (χ0v) is 11.5. The maximum Gasteiger partial charge on any atom is 0.126 e. The van der Waals surface area contributed by atoms with Gasteiger partial charge in [0.05, 0.1) is 0 Å². The van der Waals surface area contributed by atoms with Crippen molar-refractivity contribution in [2.45, 2.75) is 57.9 Å². The second-order valence-electron chi connectivity index (χ2n) is 5.46. The van der Waals surface area contributed by atoms with Crippen molar-refractivity contribution in [2.24, 2.45) is 0 Å². The third-order valence-electron chi connectivity index (χ3n) is 4.03. The van der Waals surface area contributed by atoms with Crippen molar-refractivity contribution in [1.29, 1.82) is 0 Å². The van der Waals surface area contributed by atoms with Crippen LogP contribution in [-0.2, 0) is 0 Å². The molecule has 0 aromatic heterocycles. The van der Waals surface area contributed by atoms with Crippen molar-refractivity contribution < 1.29 is 4.39 Å². The summed E-state index contributed by atoms with van der Waals surface area (Å²) in [6.45, 7) is 5.14. The summed E-state index contributed by atoms with van der Waals surface area (Å²) in [6, 6.07) is 6.20. The third-order valence-corrected chi connectivity index (χ3v) is 4.03. The summed E-state index contributed by atoms with van der Waals surface area (Å²) in [6.07, 6.45) is 6.27. The van der Waals surface area contributed by atoms with Gasteiger partial charge in [-0.2, -0.15) is 0 Å². The van der Waals surface area contributed by atoms with E-state index in [0.29, 0.717) is 12.0 Å². The van der Waals surface area contributed by atoms with E-state index in [9.17, 15) is 4.39 Å². The number of nitrogens with one attached hydrogen (secondary N) is 1. The molecule has 0 heterocycles. The van der Waals surface area contributed by atoms with Crippen LogP contribution in [0.1, 0.15) is 56.1 Å². The second-order valence-corrected chi connectivity index (χ2v) is 5.46. The van der Waals surface area contributed by atoms with Gasteiger partial charge in [0, 0.05) is 6.04 Å². The Morgan fingerprint density at radius 2 is 2.06 bits per heavy atom. The van der Waals surface area contributed by atoms with E-state index in [0.717, 1.165) is 12.1 Å². The van der Waals surface area contributed by atoms with E-state index in [1.165, 1.54) is 37.7 Å². The highest BCUT2D eigenvalue weighted by molar-refractivity contribution is 5.28. The molecule has 1 saturated carbocycles. The van der Waals surface area contributed by atoms with Gasteiger partial charge in [-0.05, 0) is 55.8 Å². The molecule has 0 saturated heterocycles. The number of halogens is 1. The summed E-state index contributed by atoms with van der Waals surface area (Å²) in [5, 5.41) is 3.66. The summed E-state index contributed by atoms with van der Waals surface area (Å²) in [5.41, 5.74) is 2.08. The van der Waals surface area contributed by atoms with E-state index in [1.807, 2.05) is 19.1 Å². The Bertz CT molecular complexity index is 389. The van der Waals surface area contributed by atoms with Gasteiger partial charge in [0.1, 0.15) is 5.82 Å². The Morgan fingerprint density at radius 1 is 1.28 bits per heavy atom. The molecule has 1 fully saturated rings. The average Bonchev–Trinajstić information content (AvgIpc) is 2.40. The van der Waals surface area contributed by atoms with Crippen molar-refractivity contribution in [3.63, 3.8) is 0 Å². The molecule has 2 unspecified atom stereocenters. The van der Waals surface area contributed by atoms with Crippen molar-refractivity contribution in [3.05, 3.63) is 35.1 Å². The van der Waals surface area contributed by atoms with Crippen LogP contribution in [0.3, 0.4) is 0 Å². The molecule has 0 amide bonds. The Balaban J connectivity index is 2.14. The summed E-state index contributed by atoms with van der Waals surface area (Å²) in [5.74, 6) is 0.470. The van der Waals surface area contributed by atoms with Crippen molar-refractivity contribution in [2.75, 3.05) is 6.54 Å². The molecule has 2 atom stereocenters. The van der Waals surface area contributed by atoms with Gasteiger partial charge in [-0.1, -0.05) is 31.9 Å². The van der Waals surface area contributed by atoms with E-state index < -0.39 is 0 Å². The average molecular weight is 249 g/mol. The van der Waals surface area contributed by atoms with Crippen LogP contribution in [-0.4, -0.2) is 12.6 Å². The fourth-order valence-corrected chi connectivity index (χ4v) is 3.00. The number of hydrogen-bond acceptors (Lipinski definition) is 1. The first-order chi connectivity index (χ1) is 8.72. The van der Waals surface area contributed by atoms with Crippen LogP contribution < -0.4 is 5.32 Å². The summed E-state index contributed by atoms with van der Waals surface area (Å²) in [7, 11) is 0. The first-order valence-electron chi connectivity index (χ1n) is 7.21. The van der Waals surface area contributed by atoms with Gasteiger partial charge in [-0.15, -0.1) is 0 Å². The minimum atomic E-state index is -0.0902. The molecular formula is C16H24FN. The van der Waals surface area contributed by atoms with E-state index >= 15 is 0 Å². The predicted molar refractivity (Wildman–Crippen MR) is 74.4 cm³/mol. The molecule has 1 aliphatic carbocycles. The topological polar surface area (TPSA) is 12.0 Å². The van der Waals surface area contributed by atoms with Gasteiger partial charge < -0.3 is 5.32 Å². The molecule has 2 rings (SSSR count). The van der Waals surface area contributed by atoms with Gasteiger partial charge >= 0.3 is 0 Å². The molecule has 1 N–H and O–H groups in total. The monoisotopic (exact) mass is 249 g/mol. The summed E-state index contributed by atoms with van der Waals surface area (Å²) in [4.78, 5) is 0. The number of aryl methyl sites for hydroxylation is 1. The lowest BCUT2D eigenvalue weighted by atomic mass is 9.79. The Morgan fingerprint density at radius 3 is 2.78 bits per heavy atom. The van der Waals surface area contributed by atoms with Crippen molar-refractivity contribution >= 4 is 0 Å². The van der Waals surface area contributed by atoms with Crippen molar-refractivity contribution in [3.8, 4) is 0 Å². The molecule has 1 aliphatic rings. The molecule has 1 aromatic carbocycles. The maximum absolute atomic E-state index is 13.4. The molecule has 1 aromatic rings. The highest BCUT2D eigenvalue weighted by Crippen LogP contribution is 2.33. The Kier molecular flexibility index (Phi) is 4.76. The maximum atomic E-state index is 13.4. The van der Waals surface area contributed by atoms with Gasteiger partial charge in [-0.3, -0.25) is 0 Å². The lowest BCUT2D eigenvalue weighted by Gasteiger charge is -2.33. The lowest BCUT2D eigenvalue weighted by molar-refractivity contribution is 0.328. The van der Waals surface area contributed by atoms with Crippen LogP contribution in [0.4, 0.5) is 4.39 Å². The molecule has 18 heavy (non-hydrogen) atoms. The third kappa shape index (κ3) is 3.11.